The van der Waals surface area contributed by atoms with Crippen molar-refractivity contribution in [1.82, 2.24) is 5.32 Å². The van der Waals surface area contributed by atoms with Crippen LogP contribution in [0.4, 0.5) is 0 Å². The Morgan fingerprint density at radius 3 is 2.17 bits per heavy atom. The van der Waals surface area contributed by atoms with E-state index in [2.05, 4.69) is 5.32 Å². The van der Waals surface area contributed by atoms with E-state index < -0.39 is 0 Å². The van der Waals surface area contributed by atoms with E-state index in [1.807, 2.05) is 14.1 Å². The van der Waals surface area contributed by atoms with Crippen LogP contribution in [-0.2, 0) is 0 Å². The van der Waals surface area contributed by atoms with Gasteiger partial charge in [-0.05, 0) is 26.2 Å². The smallest absolute Gasteiger partial charge is 0.153 e. The van der Waals surface area contributed by atoms with E-state index in [-0.39, 0.29) is 5.75 Å². The van der Waals surface area contributed by atoms with E-state index in [4.69, 9.17) is 5.11 Å². The number of hydrogen-bond donors (Lipinski definition) is 2. The van der Waals surface area contributed by atoms with Crippen molar-refractivity contribution in [1.29, 1.82) is 0 Å². The lowest BCUT2D eigenvalue weighted by atomic mass is 10.2. The minimum atomic E-state index is 0.0347. The normalized spacial score (nSPS) is 8.17. The molecule has 0 aliphatic carbocycles. The summed E-state index contributed by atoms with van der Waals surface area (Å²) in [5.74, 6) is 0.0347. The summed E-state index contributed by atoms with van der Waals surface area (Å²) in [4.78, 5) is 10.1. The predicted octanol–water partition coefficient (Wildman–Crippen LogP) is 1.04. The summed E-state index contributed by atoms with van der Waals surface area (Å²) in [6.45, 7) is 0. The number of benzene rings is 1. The monoisotopic (exact) mass is 167 g/mol. The average Bonchev–Trinajstić information content (AvgIpc) is 2.07. The predicted molar refractivity (Wildman–Crippen MR) is 48.5 cm³/mol. The molecule has 1 aromatic rings. The van der Waals surface area contributed by atoms with Gasteiger partial charge in [-0.25, -0.2) is 0 Å². The van der Waals surface area contributed by atoms with Crippen molar-refractivity contribution in [2.75, 3.05) is 14.1 Å². The van der Waals surface area contributed by atoms with Gasteiger partial charge in [-0.2, -0.15) is 0 Å². The Morgan fingerprint density at radius 1 is 1.33 bits per heavy atom. The first-order chi connectivity index (χ1) is 5.76. The first-order valence-electron chi connectivity index (χ1n) is 3.58. The molecule has 0 bridgehead atoms. The Bertz CT molecular complexity index is 236. The van der Waals surface area contributed by atoms with Crippen molar-refractivity contribution in [2.45, 2.75) is 0 Å². The summed E-state index contributed by atoms with van der Waals surface area (Å²) in [7, 11) is 3.75. The quantitative estimate of drug-likeness (QED) is 0.614. The Morgan fingerprint density at radius 2 is 1.83 bits per heavy atom. The van der Waals surface area contributed by atoms with Gasteiger partial charge >= 0.3 is 0 Å². The van der Waals surface area contributed by atoms with Crippen LogP contribution >= 0.6 is 0 Å². The molecule has 0 saturated heterocycles. The molecule has 0 aliphatic rings. The second kappa shape index (κ2) is 6.37. The molecule has 0 heterocycles. The van der Waals surface area contributed by atoms with E-state index in [1.54, 1.807) is 18.2 Å². The molecule has 0 radical (unpaired) electrons. The van der Waals surface area contributed by atoms with Gasteiger partial charge in [0.25, 0.3) is 0 Å². The number of hydrogen-bond acceptors (Lipinski definition) is 3. The molecule has 0 unspecified atom stereocenters. The SMILES string of the molecule is CNC.O=Cc1ccccc1O. The van der Waals surface area contributed by atoms with Crippen molar-refractivity contribution < 1.29 is 9.90 Å². The zero-order chi connectivity index (χ0) is 9.40. The van der Waals surface area contributed by atoms with Gasteiger partial charge in [-0.3, -0.25) is 4.79 Å². The van der Waals surface area contributed by atoms with Gasteiger partial charge in [-0.15, -0.1) is 0 Å². The summed E-state index contributed by atoms with van der Waals surface area (Å²) < 4.78 is 0. The van der Waals surface area contributed by atoms with E-state index in [1.165, 1.54) is 6.07 Å². The fourth-order valence-electron chi connectivity index (χ4n) is 0.587. The molecule has 66 valence electrons. The van der Waals surface area contributed by atoms with Gasteiger partial charge in [0.15, 0.2) is 6.29 Å². The molecular weight excluding hydrogens is 154 g/mol. The molecule has 0 spiro atoms. The highest BCUT2D eigenvalue weighted by Crippen LogP contribution is 2.11. The summed E-state index contributed by atoms with van der Waals surface area (Å²) in [5, 5.41) is 11.6. The van der Waals surface area contributed by atoms with Crippen LogP contribution < -0.4 is 5.32 Å². The molecule has 0 atom stereocenters. The molecule has 0 saturated carbocycles. The molecule has 12 heavy (non-hydrogen) atoms. The number of phenolic OH excluding ortho intramolecular Hbond substituents is 1. The zero-order valence-corrected chi connectivity index (χ0v) is 7.24. The Hall–Kier alpha value is -1.35. The third-order valence-corrected chi connectivity index (χ3v) is 1.06. The van der Waals surface area contributed by atoms with Gasteiger partial charge in [0.1, 0.15) is 5.75 Å². The average molecular weight is 167 g/mol. The molecule has 0 fully saturated rings. The maximum atomic E-state index is 10.1. The van der Waals surface area contributed by atoms with Crippen molar-refractivity contribution in [3.63, 3.8) is 0 Å². The van der Waals surface area contributed by atoms with Crippen LogP contribution in [0.3, 0.4) is 0 Å². The second-order valence-corrected chi connectivity index (χ2v) is 2.18. The van der Waals surface area contributed by atoms with Crippen molar-refractivity contribution in [2.24, 2.45) is 0 Å². The van der Waals surface area contributed by atoms with Crippen LogP contribution in [-0.4, -0.2) is 25.5 Å². The van der Waals surface area contributed by atoms with Crippen LogP contribution in [0.15, 0.2) is 24.3 Å². The highest BCUT2D eigenvalue weighted by atomic mass is 16.3. The van der Waals surface area contributed by atoms with Crippen LogP contribution in [0.2, 0.25) is 0 Å². The van der Waals surface area contributed by atoms with Crippen molar-refractivity contribution in [3.8, 4) is 5.75 Å². The number of para-hydroxylation sites is 1. The Kier molecular flexibility index (Phi) is 5.65. The van der Waals surface area contributed by atoms with Gasteiger partial charge < -0.3 is 10.4 Å². The fraction of sp³-hybridized carbons (Fsp3) is 0.222. The molecule has 2 N–H and O–H groups in total. The topological polar surface area (TPSA) is 49.3 Å². The molecule has 0 aromatic heterocycles. The van der Waals surface area contributed by atoms with Crippen molar-refractivity contribution in [3.05, 3.63) is 29.8 Å². The number of phenols is 1. The summed E-state index contributed by atoms with van der Waals surface area (Å²) in [6.07, 6.45) is 0.620. The second-order valence-electron chi connectivity index (χ2n) is 2.18. The van der Waals surface area contributed by atoms with E-state index in [0.717, 1.165) is 0 Å². The highest BCUT2D eigenvalue weighted by molar-refractivity contribution is 5.78. The highest BCUT2D eigenvalue weighted by Gasteiger charge is 1.93. The minimum Gasteiger partial charge on any atom is -0.507 e. The third-order valence-electron chi connectivity index (χ3n) is 1.06. The third kappa shape index (κ3) is 3.73. The van der Waals surface area contributed by atoms with Crippen LogP contribution in [0, 0.1) is 0 Å². The largest absolute Gasteiger partial charge is 0.507 e. The van der Waals surface area contributed by atoms with Gasteiger partial charge in [0.2, 0.25) is 0 Å². The first kappa shape index (κ1) is 10.7. The summed E-state index contributed by atoms with van der Waals surface area (Å²) in [6, 6.07) is 6.40. The van der Waals surface area contributed by atoms with Crippen molar-refractivity contribution >= 4 is 6.29 Å². The Labute approximate surface area is 72.0 Å². The number of aromatic hydroxyl groups is 1. The number of nitrogens with one attached hydrogen (secondary N) is 1. The lowest BCUT2D eigenvalue weighted by Gasteiger charge is -1.91. The van der Waals surface area contributed by atoms with Gasteiger partial charge in [-0.1, -0.05) is 12.1 Å². The number of aldehydes is 1. The molecular formula is C9H13NO2. The first-order valence-corrected chi connectivity index (χ1v) is 3.58. The van der Waals surface area contributed by atoms with E-state index in [9.17, 15) is 4.79 Å². The van der Waals surface area contributed by atoms with E-state index >= 15 is 0 Å². The standard InChI is InChI=1S/C7H6O2.C2H7N/c8-5-6-3-1-2-4-7(6)9;1-3-2/h1-5,9H;3H,1-2H3. The maximum absolute atomic E-state index is 10.1. The van der Waals surface area contributed by atoms with Crippen LogP contribution in [0.25, 0.3) is 0 Å². The molecule has 0 amide bonds. The Balaban J connectivity index is 0.000000354. The molecule has 3 nitrogen and oxygen atoms in total. The summed E-state index contributed by atoms with van der Waals surface area (Å²) in [5.41, 5.74) is 0.331. The van der Waals surface area contributed by atoms with Gasteiger partial charge in [0.05, 0.1) is 5.56 Å². The van der Waals surface area contributed by atoms with Gasteiger partial charge in [0, 0.05) is 0 Å². The molecule has 1 aromatic carbocycles. The minimum absolute atomic E-state index is 0.0347. The maximum Gasteiger partial charge on any atom is 0.153 e. The number of carbonyl (C=O) groups excluding carboxylic acids is 1. The lowest BCUT2D eigenvalue weighted by molar-refractivity contribution is 0.112. The molecule has 0 aliphatic heterocycles. The fourth-order valence-corrected chi connectivity index (χ4v) is 0.587. The van der Waals surface area contributed by atoms with Crippen LogP contribution in [0.1, 0.15) is 10.4 Å². The zero-order valence-electron chi connectivity index (χ0n) is 7.24. The summed E-state index contributed by atoms with van der Waals surface area (Å²) >= 11 is 0. The van der Waals surface area contributed by atoms with E-state index in [0.29, 0.717) is 11.8 Å². The molecule has 1 rings (SSSR count). The van der Waals surface area contributed by atoms with Crippen LogP contribution in [0.5, 0.6) is 5.75 Å². The number of carbonyl (C=O) groups is 1. The number of rotatable bonds is 1. The lowest BCUT2D eigenvalue weighted by Crippen LogP contribution is -1.89. The molecule has 3 heteroatoms.